The first-order valence-electron chi connectivity index (χ1n) is 4.89. The number of hydrogen-bond donors (Lipinski definition) is 0. The highest BCUT2D eigenvalue weighted by Gasteiger charge is 2.05. The van der Waals surface area contributed by atoms with Crippen LogP contribution in [-0.2, 0) is 6.54 Å². The summed E-state index contributed by atoms with van der Waals surface area (Å²) in [6.45, 7) is 0.634. The highest BCUT2D eigenvalue weighted by Crippen LogP contribution is 2.13. The van der Waals surface area contributed by atoms with Gasteiger partial charge in [-0.25, -0.2) is 4.98 Å². The van der Waals surface area contributed by atoms with Crippen molar-refractivity contribution in [3.05, 3.63) is 48.0 Å². The predicted octanol–water partition coefficient (Wildman–Crippen LogP) is 2.18. The highest BCUT2D eigenvalue weighted by molar-refractivity contribution is 5.44. The molecule has 0 bridgehead atoms. The van der Waals surface area contributed by atoms with E-state index in [1.165, 1.54) is 0 Å². The van der Waals surface area contributed by atoms with Crippen molar-refractivity contribution in [1.29, 1.82) is 5.26 Å². The van der Waals surface area contributed by atoms with E-state index in [0.717, 1.165) is 11.6 Å². The van der Waals surface area contributed by atoms with Crippen molar-refractivity contribution in [3.8, 4) is 6.07 Å². The zero-order valence-corrected chi connectivity index (χ0v) is 8.92. The molecule has 0 amide bonds. The number of nitrogens with zero attached hydrogens (tertiary/aromatic N) is 3. The Labute approximate surface area is 93.7 Å². The van der Waals surface area contributed by atoms with Crippen LogP contribution in [-0.4, -0.2) is 12.0 Å². The molecule has 4 heteroatoms. The second-order valence-electron chi connectivity index (χ2n) is 3.45. The van der Waals surface area contributed by atoms with Crippen molar-refractivity contribution in [3.63, 3.8) is 0 Å². The summed E-state index contributed by atoms with van der Waals surface area (Å²) in [7, 11) is 1.91. The Morgan fingerprint density at radius 3 is 3.06 bits per heavy atom. The van der Waals surface area contributed by atoms with E-state index in [1.54, 1.807) is 24.6 Å². The lowest BCUT2D eigenvalue weighted by atomic mass is 10.3. The Bertz CT molecular complexity index is 499. The fourth-order valence-electron chi connectivity index (χ4n) is 1.41. The van der Waals surface area contributed by atoms with Crippen LogP contribution >= 0.6 is 0 Å². The summed E-state index contributed by atoms with van der Waals surface area (Å²) in [5.74, 6) is 1.63. The average Bonchev–Trinajstić information content (AvgIpc) is 2.82. The first-order chi connectivity index (χ1) is 7.79. The molecule has 2 aromatic rings. The first kappa shape index (κ1) is 10.2. The fourth-order valence-corrected chi connectivity index (χ4v) is 1.41. The van der Waals surface area contributed by atoms with E-state index in [1.807, 2.05) is 24.1 Å². The molecule has 4 nitrogen and oxygen atoms in total. The Morgan fingerprint density at radius 1 is 1.50 bits per heavy atom. The monoisotopic (exact) mass is 213 g/mol. The van der Waals surface area contributed by atoms with Crippen LogP contribution in [0.5, 0.6) is 0 Å². The summed E-state index contributed by atoms with van der Waals surface area (Å²) in [5.41, 5.74) is 0.608. The Hall–Kier alpha value is -2.28. The van der Waals surface area contributed by atoms with E-state index in [2.05, 4.69) is 11.1 Å². The molecule has 0 fully saturated rings. The standard InChI is InChI=1S/C12H11N3O/c1-15(9-11-3-2-6-16-11)12-7-10(8-13)4-5-14-12/h2-7H,9H2,1H3. The number of nitriles is 1. The SMILES string of the molecule is CN(Cc1ccco1)c1cc(C#N)ccn1. The third-order valence-corrected chi connectivity index (χ3v) is 2.24. The molecule has 0 aliphatic rings. The Kier molecular flexibility index (Phi) is 2.88. The van der Waals surface area contributed by atoms with Crippen LogP contribution in [0.2, 0.25) is 0 Å². The fraction of sp³-hybridized carbons (Fsp3) is 0.167. The number of anilines is 1. The van der Waals surface area contributed by atoms with Crippen LogP contribution < -0.4 is 4.90 Å². The first-order valence-corrected chi connectivity index (χ1v) is 4.89. The van der Waals surface area contributed by atoms with Crippen molar-refractivity contribution in [2.75, 3.05) is 11.9 Å². The number of rotatable bonds is 3. The molecule has 80 valence electrons. The molecule has 0 aromatic carbocycles. The van der Waals surface area contributed by atoms with Crippen LogP contribution in [0.25, 0.3) is 0 Å². The molecule has 0 atom stereocenters. The molecule has 0 saturated carbocycles. The van der Waals surface area contributed by atoms with E-state index in [4.69, 9.17) is 9.68 Å². The van der Waals surface area contributed by atoms with Crippen molar-refractivity contribution >= 4 is 5.82 Å². The maximum absolute atomic E-state index is 8.79. The van der Waals surface area contributed by atoms with Crippen LogP contribution in [0, 0.1) is 11.3 Å². The summed E-state index contributed by atoms with van der Waals surface area (Å²) >= 11 is 0. The Balaban J connectivity index is 2.15. The normalized spacial score (nSPS) is 9.75. The molecule has 2 aromatic heterocycles. The van der Waals surface area contributed by atoms with Gasteiger partial charge in [0.15, 0.2) is 0 Å². The minimum atomic E-state index is 0.608. The molecule has 0 spiro atoms. The molecular formula is C12H11N3O. The van der Waals surface area contributed by atoms with Gasteiger partial charge in [-0.1, -0.05) is 0 Å². The molecule has 2 heterocycles. The molecular weight excluding hydrogens is 202 g/mol. The van der Waals surface area contributed by atoms with Crippen LogP contribution in [0.3, 0.4) is 0 Å². The van der Waals surface area contributed by atoms with Crippen LogP contribution in [0.4, 0.5) is 5.82 Å². The maximum Gasteiger partial charge on any atom is 0.129 e. The van der Waals surface area contributed by atoms with Gasteiger partial charge in [0.2, 0.25) is 0 Å². The molecule has 0 aliphatic carbocycles. The van der Waals surface area contributed by atoms with Gasteiger partial charge in [-0.2, -0.15) is 5.26 Å². The van der Waals surface area contributed by atoms with Crippen molar-refractivity contribution < 1.29 is 4.42 Å². The lowest BCUT2D eigenvalue weighted by Crippen LogP contribution is -2.17. The van der Waals surface area contributed by atoms with Gasteiger partial charge in [0, 0.05) is 13.2 Å². The quantitative estimate of drug-likeness (QED) is 0.784. The lowest BCUT2D eigenvalue weighted by molar-refractivity contribution is 0.507. The number of furan rings is 1. The van der Waals surface area contributed by atoms with Gasteiger partial charge in [0.25, 0.3) is 0 Å². The van der Waals surface area contributed by atoms with Crippen molar-refractivity contribution in [1.82, 2.24) is 4.98 Å². The highest BCUT2D eigenvalue weighted by atomic mass is 16.3. The molecule has 2 rings (SSSR count). The number of pyridine rings is 1. The molecule has 0 radical (unpaired) electrons. The van der Waals surface area contributed by atoms with Gasteiger partial charge in [-0.05, 0) is 24.3 Å². The summed E-state index contributed by atoms with van der Waals surface area (Å²) in [5, 5.41) is 8.79. The minimum Gasteiger partial charge on any atom is -0.467 e. The van der Waals surface area contributed by atoms with Gasteiger partial charge in [0.1, 0.15) is 11.6 Å². The van der Waals surface area contributed by atoms with Gasteiger partial charge in [-0.15, -0.1) is 0 Å². The van der Waals surface area contributed by atoms with Gasteiger partial charge in [-0.3, -0.25) is 0 Å². The molecule has 16 heavy (non-hydrogen) atoms. The summed E-state index contributed by atoms with van der Waals surface area (Å²) in [4.78, 5) is 6.13. The summed E-state index contributed by atoms with van der Waals surface area (Å²) < 4.78 is 5.25. The smallest absolute Gasteiger partial charge is 0.129 e. The van der Waals surface area contributed by atoms with Crippen molar-refractivity contribution in [2.24, 2.45) is 0 Å². The third kappa shape index (κ3) is 2.20. The van der Waals surface area contributed by atoms with E-state index in [0.29, 0.717) is 12.1 Å². The summed E-state index contributed by atoms with van der Waals surface area (Å²) in [6, 6.07) is 9.29. The average molecular weight is 213 g/mol. The minimum absolute atomic E-state index is 0.608. The largest absolute Gasteiger partial charge is 0.467 e. The second kappa shape index (κ2) is 4.49. The number of aromatic nitrogens is 1. The number of hydrogen-bond acceptors (Lipinski definition) is 4. The van der Waals surface area contributed by atoms with E-state index in [-0.39, 0.29) is 0 Å². The molecule has 0 unspecified atom stereocenters. The lowest BCUT2D eigenvalue weighted by Gasteiger charge is -2.16. The van der Waals surface area contributed by atoms with E-state index >= 15 is 0 Å². The maximum atomic E-state index is 8.79. The predicted molar refractivity (Wildman–Crippen MR) is 59.8 cm³/mol. The molecule has 0 saturated heterocycles. The van der Waals surface area contributed by atoms with Crippen molar-refractivity contribution in [2.45, 2.75) is 6.54 Å². The third-order valence-electron chi connectivity index (χ3n) is 2.24. The van der Waals surface area contributed by atoms with Gasteiger partial charge in [0.05, 0.1) is 24.4 Å². The Morgan fingerprint density at radius 2 is 2.38 bits per heavy atom. The van der Waals surface area contributed by atoms with Gasteiger partial charge < -0.3 is 9.32 Å². The topological polar surface area (TPSA) is 53.1 Å². The zero-order valence-electron chi connectivity index (χ0n) is 8.92. The second-order valence-corrected chi connectivity index (χ2v) is 3.45. The zero-order chi connectivity index (χ0) is 11.4. The summed E-state index contributed by atoms with van der Waals surface area (Å²) in [6.07, 6.45) is 3.27. The van der Waals surface area contributed by atoms with Crippen LogP contribution in [0.15, 0.2) is 41.1 Å². The van der Waals surface area contributed by atoms with Crippen LogP contribution in [0.1, 0.15) is 11.3 Å². The molecule has 0 aliphatic heterocycles. The molecule has 0 N–H and O–H groups in total. The van der Waals surface area contributed by atoms with E-state index in [9.17, 15) is 0 Å². The van der Waals surface area contributed by atoms with Gasteiger partial charge >= 0.3 is 0 Å². The van der Waals surface area contributed by atoms with E-state index < -0.39 is 0 Å².